The molecule has 9 N–H and O–H groups in total. The number of aliphatic carboxylic acids is 5. The van der Waals surface area contributed by atoms with Gasteiger partial charge in [0.25, 0.3) is 29.8 Å². The van der Waals surface area contributed by atoms with Crippen LogP contribution in [0.2, 0.25) is 0 Å². The summed E-state index contributed by atoms with van der Waals surface area (Å²) in [4.78, 5) is 48.9. The van der Waals surface area contributed by atoms with E-state index in [1.54, 1.807) is 0 Å². The SMILES string of the molecule is CC(=O)O.CC(=O)O.CC(=O)O.CC(=O)O.CC(=O)O.NCCNCCNCc1ccc(N=C=S)cc1. The molecular weight excluding hydrogens is 512 g/mol. The van der Waals surface area contributed by atoms with Crippen molar-refractivity contribution in [3.8, 4) is 0 Å². The highest BCUT2D eigenvalue weighted by Crippen LogP contribution is 2.11. The molecule has 0 amide bonds. The van der Waals surface area contributed by atoms with E-state index < -0.39 is 29.8 Å². The Morgan fingerprint density at radius 1 is 0.730 bits per heavy atom. The number of carboxylic acid groups (broad SMARTS) is 5. The highest BCUT2D eigenvalue weighted by atomic mass is 32.1. The first-order valence-corrected chi connectivity index (χ1v) is 10.7. The molecule has 0 saturated heterocycles. The summed E-state index contributed by atoms with van der Waals surface area (Å²) < 4.78 is 0. The topological polar surface area (TPSA) is 249 Å². The monoisotopic (exact) mass is 550 g/mol. The second-order valence-electron chi connectivity index (χ2n) is 6.18. The number of thiocarbonyl (C=S) groups is 1. The van der Waals surface area contributed by atoms with Crippen molar-refractivity contribution in [3.63, 3.8) is 0 Å². The predicted molar refractivity (Wildman–Crippen MR) is 141 cm³/mol. The number of nitrogens with two attached hydrogens (primary N) is 1. The molecule has 0 unspecified atom stereocenters. The van der Waals surface area contributed by atoms with Crippen molar-refractivity contribution in [2.45, 2.75) is 41.2 Å². The molecule has 0 aliphatic rings. The molecule has 37 heavy (non-hydrogen) atoms. The van der Waals surface area contributed by atoms with E-state index >= 15 is 0 Å². The third-order valence-electron chi connectivity index (χ3n) is 2.24. The number of carboxylic acids is 5. The van der Waals surface area contributed by atoms with Gasteiger partial charge in [-0.3, -0.25) is 24.0 Å². The van der Waals surface area contributed by atoms with Crippen LogP contribution in [0, 0.1) is 0 Å². The lowest BCUT2D eigenvalue weighted by Gasteiger charge is -2.06. The number of isothiocyanates is 1. The molecule has 1 aromatic carbocycles. The number of aliphatic imine (C=N–C) groups is 1. The first-order valence-electron chi connectivity index (χ1n) is 10.3. The fourth-order valence-electron chi connectivity index (χ4n) is 1.38. The first-order chi connectivity index (χ1) is 17.0. The Bertz CT molecular complexity index is 709. The zero-order valence-electron chi connectivity index (χ0n) is 21.6. The summed E-state index contributed by atoms with van der Waals surface area (Å²) >= 11 is 4.54. The minimum Gasteiger partial charge on any atom is -0.481 e. The molecule has 0 aliphatic heterocycles. The molecular formula is C22H38N4O10S. The number of hydrogen-bond acceptors (Lipinski definition) is 10. The van der Waals surface area contributed by atoms with Gasteiger partial charge in [0.1, 0.15) is 0 Å². The van der Waals surface area contributed by atoms with Crippen molar-refractivity contribution in [2.75, 3.05) is 26.2 Å². The maximum atomic E-state index is 9.00. The molecule has 0 radical (unpaired) electrons. The number of benzene rings is 1. The fraction of sp³-hybridized carbons (Fsp3) is 0.455. The van der Waals surface area contributed by atoms with Crippen LogP contribution >= 0.6 is 12.2 Å². The Labute approximate surface area is 221 Å². The number of nitrogens with one attached hydrogen (secondary N) is 2. The van der Waals surface area contributed by atoms with Crippen molar-refractivity contribution < 1.29 is 49.5 Å². The third-order valence-corrected chi connectivity index (χ3v) is 2.33. The smallest absolute Gasteiger partial charge is 0.300 e. The Morgan fingerprint density at radius 2 is 1.05 bits per heavy atom. The first kappa shape index (κ1) is 43.3. The molecule has 1 aromatic rings. The van der Waals surface area contributed by atoms with Crippen molar-refractivity contribution in [1.29, 1.82) is 0 Å². The second-order valence-corrected chi connectivity index (χ2v) is 6.36. The Kier molecular flexibility index (Phi) is 40.3. The molecule has 1 rings (SSSR count). The molecule has 212 valence electrons. The molecule has 14 nitrogen and oxygen atoms in total. The molecule has 0 atom stereocenters. The van der Waals surface area contributed by atoms with Gasteiger partial charge >= 0.3 is 0 Å². The molecule has 0 heterocycles. The van der Waals surface area contributed by atoms with Crippen LogP contribution in [0.25, 0.3) is 0 Å². The van der Waals surface area contributed by atoms with Crippen LogP contribution in [0.3, 0.4) is 0 Å². The number of nitrogens with zero attached hydrogens (tertiary/aromatic N) is 1. The van der Waals surface area contributed by atoms with E-state index in [-0.39, 0.29) is 0 Å². The van der Waals surface area contributed by atoms with E-state index in [4.69, 9.17) is 55.2 Å². The van der Waals surface area contributed by atoms with Crippen molar-refractivity contribution in [2.24, 2.45) is 10.7 Å². The van der Waals surface area contributed by atoms with Gasteiger partial charge < -0.3 is 41.9 Å². The van der Waals surface area contributed by atoms with E-state index in [0.29, 0.717) is 6.54 Å². The molecule has 0 aliphatic carbocycles. The predicted octanol–water partition coefficient (Wildman–Crippen LogP) is 1.51. The third kappa shape index (κ3) is 99.2. The molecule has 0 saturated carbocycles. The van der Waals surface area contributed by atoms with Crippen molar-refractivity contribution in [3.05, 3.63) is 29.8 Å². The lowest BCUT2D eigenvalue weighted by molar-refractivity contribution is -0.135. The standard InChI is InChI=1S/C12H18N4S.5C2H4O2/c13-5-6-14-7-8-15-9-11-1-3-12(4-2-11)16-10-17;5*1-2(3)4/h1-4,14-15H,5-9,13H2;5*1H3,(H,3,4). The van der Waals surface area contributed by atoms with Gasteiger partial charge in [0.2, 0.25) is 0 Å². The largest absolute Gasteiger partial charge is 0.481 e. The van der Waals surface area contributed by atoms with Crippen molar-refractivity contribution in [1.82, 2.24) is 10.6 Å². The summed E-state index contributed by atoms with van der Waals surface area (Å²) in [7, 11) is 0. The fourth-order valence-corrected chi connectivity index (χ4v) is 1.48. The van der Waals surface area contributed by atoms with Crippen LogP contribution in [0.1, 0.15) is 40.2 Å². The van der Waals surface area contributed by atoms with Gasteiger partial charge in [0.05, 0.1) is 10.8 Å². The zero-order valence-corrected chi connectivity index (χ0v) is 22.4. The molecule has 0 aromatic heterocycles. The van der Waals surface area contributed by atoms with Gasteiger partial charge in [0.15, 0.2) is 0 Å². The van der Waals surface area contributed by atoms with E-state index in [2.05, 4.69) is 33.0 Å². The summed E-state index contributed by atoms with van der Waals surface area (Å²) in [6.07, 6.45) is 0. The maximum Gasteiger partial charge on any atom is 0.300 e. The van der Waals surface area contributed by atoms with Crippen LogP contribution in [0.5, 0.6) is 0 Å². The summed E-state index contributed by atoms with van der Waals surface area (Å²) in [5, 5.41) is 46.0. The Hall–Kier alpha value is -3.75. The normalized spacial score (nSPS) is 7.95. The van der Waals surface area contributed by atoms with E-state index in [0.717, 1.165) is 66.5 Å². The van der Waals surface area contributed by atoms with Gasteiger partial charge in [-0.05, 0) is 29.9 Å². The van der Waals surface area contributed by atoms with Gasteiger partial charge in [-0.1, -0.05) is 12.1 Å². The van der Waals surface area contributed by atoms with E-state index in [9.17, 15) is 0 Å². The highest BCUT2D eigenvalue weighted by Gasteiger charge is 1.93. The average molecular weight is 551 g/mol. The van der Waals surface area contributed by atoms with E-state index in [1.807, 2.05) is 24.3 Å². The molecule has 15 heteroatoms. The van der Waals surface area contributed by atoms with Gasteiger partial charge in [-0.15, -0.1) is 0 Å². The van der Waals surface area contributed by atoms with Crippen LogP contribution < -0.4 is 16.4 Å². The molecule has 0 bridgehead atoms. The Morgan fingerprint density at radius 3 is 1.35 bits per heavy atom. The second kappa shape index (κ2) is 34.4. The van der Waals surface area contributed by atoms with Crippen LogP contribution in [-0.4, -0.2) is 86.7 Å². The zero-order chi connectivity index (χ0) is 30.2. The van der Waals surface area contributed by atoms with Crippen LogP contribution in [0.4, 0.5) is 5.69 Å². The van der Waals surface area contributed by atoms with Gasteiger partial charge in [-0.2, -0.15) is 4.99 Å². The van der Waals surface area contributed by atoms with E-state index in [1.165, 1.54) is 5.56 Å². The Balaban J connectivity index is -0.000000139. The minimum atomic E-state index is -0.833. The van der Waals surface area contributed by atoms with Crippen LogP contribution in [0.15, 0.2) is 29.3 Å². The summed E-state index contributed by atoms with van der Waals surface area (Å²) in [5.74, 6) is -4.17. The number of carbonyl (C=O) groups is 5. The lowest BCUT2D eigenvalue weighted by Crippen LogP contribution is -2.30. The van der Waals surface area contributed by atoms with Gasteiger partial charge in [0, 0.05) is 67.3 Å². The van der Waals surface area contributed by atoms with Crippen molar-refractivity contribution >= 4 is 52.9 Å². The highest BCUT2D eigenvalue weighted by molar-refractivity contribution is 7.78. The number of hydrogen-bond donors (Lipinski definition) is 8. The molecule has 0 spiro atoms. The molecule has 0 fully saturated rings. The maximum absolute atomic E-state index is 9.00. The van der Waals surface area contributed by atoms with Crippen LogP contribution in [-0.2, 0) is 30.5 Å². The summed E-state index contributed by atoms with van der Waals surface area (Å²) in [6.45, 7) is 9.68. The quantitative estimate of drug-likeness (QED) is 0.130. The summed E-state index contributed by atoms with van der Waals surface area (Å²) in [6, 6.07) is 7.93. The minimum absolute atomic E-state index is 0.682. The number of rotatable bonds is 8. The average Bonchev–Trinajstić information content (AvgIpc) is 2.70. The van der Waals surface area contributed by atoms with Gasteiger partial charge in [-0.25, -0.2) is 0 Å². The lowest BCUT2D eigenvalue weighted by atomic mass is 10.2. The summed E-state index contributed by atoms with van der Waals surface area (Å²) in [5.41, 5.74) is 7.44.